The molecule has 1 unspecified atom stereocenters. The van der Waals surface area contributed by atoms with Crippen molar-refractivity contribution in [3.63, 3.8) is 0 Å². The summed E-state index contributed by atoms with van der Waals surface area (Å²) in [7, 11) is 0. The van der Waals surface area contributed by atoms with Crippen LogP contribution in [0.15, 0.2) is 12.3 Å². The molecule has 0 spiro atoms. The largest absolute Gasteiger partial charge is 0.387 e. The summed E-state index contributed by atoms with van der Waals surface area (Å²) >= 11 is 0. The number of rotatable bonds is 8. The van der Waals surface area contributed by atoms with E-state index in [0.717, 1.165) is 0 Å². The lowest BCUT2D eigenvalue weighted by molar-refractivity contribution is -0.00307. The predicted octanol–water partition coefficient (Wildman–Crippen LogP) is 1.99. The lowest BCUT2D eigenvalue weighted by atomic mass is 9.96. The molecule has 0 aliphatic heterocycles. The maximum Gasteiger partial charge on any atom is 0.252 e. The summed E-state index contributed by atoms with van der Waals surface area (Å²) in [4.78, 5) is 15.7. The first kappa shape index (κ1) is 18.3. The number of anilines is 1. The quantitative estimate of drug-likeness (QED) is 0.684. The fourth-order valence-electron chi connectivity index (χ4n) is 1.98. The van der Waals surface area contributed by atoms with Gasteiger partial charge in [0.2, 0.25) is 0 Å². The molecule has 1 rings (SSSR count). The molecule has 0 saturated carbocycles. The van der Waals surface area contributed by atoms with E-state index in [0.29, 0.717) is 5.69 Å². The van der Waals surface area contributed by atoms with Gasteiger partial charge in [-0.2, -0.15) is 0 Å². The number of pyridine rings is 1. The van der Waals surface area contributed by atoms with Crippen molar-refractivity contribution in [1.29, 1.82) is 0 Å². The third-order valence-electron chi connectivity index (χ3n) is 3.36. The summed E-state index contributed by atoms with van der Waals surface area (Å²) in [6, 6.07) is 1.32. The second-order valence-corrected chi connectivity index (χ2v) is 5.89. The van der Waals surface area contributed by atoms with Gasteiger partial charge in [-0.15, -0.1) is 0 Å². The van der Waals surface area contributed by atoms with Crippen LogP contribution in [0.25, 0.3) is 0 Å². The van der Waals surface area contributed by atoms with Crippen LogP contribution in [0.1, 0.15) is 43.2 Å². The highest BCUT2D eigenvalue weighted by Crippen LogP contribution is 2.24. The highest BCUT2D eigenvalue weighted by atomic mass is 19.1. The van der Waals surface area contributed by atoms with Gasteiger partial charge in [-0.25, -0.2) is 4.39 Å². The van der Waals surface area contributed by atoms with Crippen molar-refractivity contribution in [2.45, 2.75) is 51.4 Å². The van der Waals surface area contributed by atoms with Crippen molar-refractivity contribution in [1.82, 2.24) is 4.98 Å². The fraction of sp³-hybridized carbons (Fsp3) is 0.600. The lowest BCUT2D eigenvalue weighted by Crippen LogP contribution is -2.35. The number of alkyl halides is 2. The Morgan fingerprint density at radius 3 is 2.68 bits per heavy atom. The van der Waals surface area contributed by atoms with Crippen molar-refractivity contribution in [2.24, 2.45) is 5.73 Å². The molecule has 4 N–H and O–H groups in total. The smallest absolute Gasteiger partial charge is 0.252 e. The monoisotopic (exact) mass is 315 g/mol. The molecular weight excluding hydrogens is 292 g/mol. The van der Waals surface area contributed by atoms with Gasteiger partial charge < -0.3 is 16.2 Å². The molecule has 2 atom stereocenters. The highest BCUT2D eigenvalue weighted by Gasteiger charge is 2.29. The number of primary amides is 1. The van der Waals surface area contributed by atoms with E-state index >= 15 is 0 Å². The third kappa shape index (κ3) is 4.91. The van der Waals surface area contributed by atoms with Crippen LogP contribution in [0.5, 0.6) is 0 Å². The van der Waals surface area contributed by atoms with Gasteiger partial charge in [0.25, 0.3) is 5.91 Å². The van der Waals surface area contributed by atoms with Crippen LogP contribution in [0.4, 0.5) is 14.5 Å². The Bertz CT molecular complexity index is 518. The number of nitrogens with one attached hydrogen (secondary N) is 1. The third-order valence-corrected chi connectivity index (χ3v) is 3.36. The number of aliphatic hydroxyl groups is 1. The minimum absolute atomic E-state index is 0.0695. The topological polar surface area (TPSA) is 88.2 Å². The molecule has 0 aliphatic carbocycles. The molecule has 0 radical (unpaired) electrons. The zero-order valence-electron chi connectivity index (χ0n) is 13.1. The number of hydrogen-bond acceptors (Lipinski definition) is 4. The van der Waals surface area contributed by atoms with Crippen molar-refractivity contribution >= 4 is 11.6 Å². The Morgan fingerprint density at radius 2 is 2.18 bits per heavy atom. The molecule has 1 aromatic heterocycles. The number of carbonyl (C=O) groups excluding carboxylic acids is 1. The Morgan fingerprint density at radius 1 is 1.55 bits per heavy atom. The Balaban J connectivity index is 3.10. The van der Waals surface area contributed by atoms with Crippen molar-refractivity contribution in [3.8, 4) is 0 Å². The number of hydrogen-bond donors (Lipinski definition) is 3. The van der Waals surface area contributed by atoms with E-state index in [-0.39, 0.29) is 30.1 Å². The van der Waals surface area contributed by atoms with Gasteiger partial charge in [0.1, 0.15) is 6.17 Å². The van der Waals surface area contributed by atoms with Crippen LogP contribution in [0.2, 0.25) is 0 Å². The van der Waals surface area contributed by atoms with E-state index in [1.165, 1.54) is 26.1 Å². The minimum atomic E-state index is -1.60. The molecule has 0 aliphatic rings. The predicted molar refractivity (Wildman–Crippen MR) is 81.3 cm³/mol. The maximum absolute atomic E-state index is 14.0. The van der Waals surface area contributed by atoms with Crippen molar-refractivity contribution < 1.29 is 18.7 Å². The SMILES string of the molecule is CC(CCF)Nc1ccnc(C[C@@H](F)C(C)(C)O)c1C(N)=O. The standard InChI is InChI=1S/C15H23F2N3O2/c1-9(4-6-16)20-10-5-7-19-11(13(10)14(18)21)8-12(17)15(2,3)22/h5,7,9,12,22H,4,6,8H2,1-3H3,(H2,18,21)(H,19,20)/t9?,12-/m1/s1. The van der Waals surface area contributed by atoms with Gasteiger partial charge >= 0.3 is 0 Å². The van der Waals surface area contributed by atoms with Gasteiger partial charge in [0, 0.05) is 18.7 Å². The molecule has 5 nitrogen and oxygen atoms in total. The van der Waals surface area contributed by atoms with Gasteiger partial charge in [-0.1, -0.05) is 0 Å². The number of nitrogens with two attached hydrogens (primary N) is 1. The van der Waals surface area contributed by atoms with Crippen molar-refractivity contribution in [2.75, 3.05) is 12.0 Å². The molecule has 1 amide bonds. The van der Waals surface area contributed by atoms with E-state index in [4.69, 9.17) is 5.73 Å². The van der Waals surface area contributed by atoms with Crippen molar-refractivity contribution in [3.05, 3.63) is 23.5 Å². The van der Waals surface area contributed by atoms with Gasteiger partial charge in [0.15, 0.2) is 0 Å². The first-order valence-corrected chi connectivity index (χ1v) is 7.13. The molecule has 1 heterocycles. The molecule has 0 bridgehead atoms. The summed E-state index contributed by atoms with van der Waals surface area (Å²) in [6.45, 7) is 3.95. The summed E-state index contributed by atoms with van der Waals surface area (Å²) in [5.41, 5.74) is 4.44. The minimum Gasteiger partial charge on any atom is -0.387 e. The molecule has 22 heavy (non-hydrogen) atoms. The van der Waals surface area contributed by atoms with Crippen LogP contribution < -0.4 is 11.1 Å². The molecular formula is C15H23F2N3O2. The highest BCUT2D eigenvalue weighted by molar-refractivity contribution is 5.99. The lowest BCUT2D eigenvalue weighted by Gasteiger charge is -2.23. The van der Waals surface area contributed by atoms with Gasteiger partial charge in [-0.05, 0) is 33.3 Å². The number of amides is 1. The first-order chi connectivity index (χ1) is 10.2. The molecule has 0 saturated heterocycles. The zero-order valence-corrected chi connectivity index (χ0v) is 13.1. The Labute approximate surface area is 128 Å². The number of carbonyl (C=O) groups is 1. The summed E-state index contributed by atoms with van der Waals surface area (Å²) in [5.74, 6) is -0.749. The number of nitrogens with zero attached hydrogens (tertiary/aromatic N) is 1. The molecule has 7 heteroatoms. The first-order valence-electron chi connectivity index (χ1n) is 7.13. The molecule has 0 fully saturated rings. The molecule has 1 aromatic rings. The second-order valence-electron chi connectivity index (χ2n) is 5.89. The fourth-order valence-corrected chi connectivity index (χ4v) is 1.98. The average molecular weight is 315 g/mol. The van der Waals surface area contributed by atoms with E-state index in [1.54, 1.807) is 6.92 Å². The van der Waals surface area contributed by atoms with Crippen LogP contribution in [-0.4, -0.2) is 40.5 Å². The molecule has 124 valence electrons. The Hall–Kier alpha value is -1.76. The van der Waals surface area contributed by atoms with Crippen LogP contribution in [0.3, 0.4) is 0 Å². The normalized spacial score (nSPS) is 14.5. The maximum atomic E-state index is 14.0. The van der Waals surface area contributed by atoms with E-state index in [1.807, 2.05) is 0 Å². The van der Waals surface area contributed by atoms with Crippen LogP contribution >= 0.6 is 0 Å². The second kappa shape index (κ2) is 7.49. The number of aromatic nitrogens is 1. The van der Waals surface area contributed by atoms with Gasteiger partial charge in [-0.3, -0.25) is 14.2 Å². The van der Waals surface area contributed by atoms with E-state index < -0.39 is 24.4 Å². The summed E-state index contributed by atoms with van der Waals surface area (Å²) in [5, 5.41) is 12.7. The molecule has 0 aromatic carbocycles. The van der Waals surface area contributed by atoms with E-state index in [9.17, 15) is 18.7 Å². The zero-order chi connectivity index (χ0) is 16.9. The van der Waals surface area contributed by atoms with E-state index in [2.05, 4.69) is 10.3 Å². The number of halogens is 2. The summed E-state index contributed by atoms with van der Waals surface area (Å²) < 4.78 is 26.4. The van der Waals surface area contributed by atoms with Crippen LogP contribution in [0, 0.1) is 0 Å². The van der Waals surface area contributed by atoms with Gasteiger partial charge in [0.05, 0.1) is 29.2 Å². The summed E-state index contributed by atoms with van der Waals surface area (Å²) in [6.07, 6.45) is -0.153. The average Bonchev–Trinajstić information content (AvgIpc) is 2.37. The van der Waals surface area contributed by atoms with Crippen LogP contribution in [-0.2, 0) is 6.42 Å². The Kier molecular flexibility index (Phi) is 6.22.